The molecule has 0 aromatic carbocycles. The van der Waals surface area contributed by atoms with Gasteiger partial charge in [0.25, 0.3) is 0 Å². The predicted molar refractivity (Wildman–Crippen MR) is 85.6 cm³/mol. The van der Waals surface area contributed by atoms with Crippen LogP contribution in [0.3, 0.4) is 0 Å². The maximum atomic E-state index is 11.2. The highest BCUT2D eigenvalue weighted by Gasteiger charge is 2.08. The second-order valence-electron chi connectivity index (χ2n) is 4.71. The van der Waals surface area contributed by atoms with Crippen molar-refractivity contribution in [2.24, 2.45) is 0 Å². The van der Waals surface area contributed by atoms with Crippen LogP contribution in [0.5, 0.6) is 0 Å². The van der Waals surface area contributed by atoms with Crippen molar-refractivity contribution in [1.82, 2.24) is 5.06 Å². The quantitative estimate of drug-likeness (QED) is 0.325. The Morgan fingerprint density at radius 2 is 2.10 bits per heavy atom. The molecule has 0 saturated heterocycles. The lowest BCUT2D eigenvalue weighted by Gasteiger charge is -2.08. The fraction of sp³-hybridized carbons (Fsp3) is 0.529. The molecule has 0 aliphatic heterocycles. The molecule has 0 heterocycles. The molecule has 0 spiro atoms. The Labute approximate surface area is 128 Å². The fourth-order valence-electron chi connectivity index (χ4n) is 1.61. The van der Waals surface area contributed by atoms with Gasteiger partial charge in [-0.25, -0.2) is 5.06 Å². The number of unbranched alkanes of at least 4 members (excludes halogenated alkanes) is 2. The predicted octanol–water partition coefficient (Wildman–Crippen LogP) is 3.60. The van der Waals surface area contributed by atoms with Crippen molar-refractivity contribution < 1.29 is 14.4 Å². The third-order valence-electron chi connectivity index (χ3n) is 3.01. The summed E-state index contributed by atoms with van der Waals surface area (Å²) < 4.78 is 0. The molecular weight excluding hydrogens is 266 g/mol. The van der Waals surface area contributed by atoms with Crippen molar-refractivity contribution in [1.29, 1.82) is 0 Å². The highest BCUT2D eigenvalue weighted by Crippen LogP contribution is 2.14. The summed E-state index contributed by atoms with van der Waals surface area (Å²) in [5.41, 5.74) is 0.976. The zero-order valence-electron chi connectivity index (χ0n) is 13.6. The number of nitrogens with zero attached hydrogens (tertiary/aromatic N) is 1. The van der Waals surface area contributed by atoms with E-state index in [1.165, 1.54) is 14.0 Å². The lowest BCUT2D eigenvalue weighted by atomic mass is 10.1. The van der Waals surface area contributed by atoms with Gasteiger partial charge in [0.1, 0.15) is 0 Å². The summed E-state index contributed by atoms with van der Waals surface area (Å²) in [5.74, 6) is 0.108. The van der Waals surface area contributed by atoms with Crippen molar-refractivity contribution in [3.63, 3.8) is 0 Å². The molecule has 4 nitrogen and oxygen atoms in total. The molecule has 1 rings (SSSR count). The van der Waals surface area contributed by atoms with Gasteiger partial charge in [0.05, 0.1) is 7.11 Å². The first-order valence-electron chi connectivity index (χ1n) is 7.36. The van der Waals surface area contributed by atoms with Crippen LogP contribution in [0.2, 0.25) is 0 Å². The normalized spacial score (nSPS) is 15.4. The number of amides is 1. The van der Waals surface area contributed by atoms with Crippen LogP contribution >= 0.6 is 0 Å². The SMILES string of the molecule is CC/C=C\CCC/C=C1\CC=CC1=O.CON(C)C(C)=O. The monoisotopic (exact) mass is 293 g/mol. The van der Waals surface area contributed by atoms with E-state index in [4.69, 9.17) is 0 Å². The minimum absolute atomic E-state index is 0.0949. The Hall–Kier alpha value is -1.68. The first-order valence-corrected chi connectivity index (χ1v) is 7.36. The fourth-order valence-corrected chi connectivity index (χ4v) is 1.61. The molecule has 0 radical (unpaired) electrons. The standard InChI is InChI=1S/C13H18O.C4H9NO2/c1-2-3-4-5-6-7-9-12-10-8-11-13(12)14;1-4(6)5(2)7-3/h3-4,8-9,11H,2,5-7,10H2,1H3;1-3H3/b4-3-,12-9+;. The van der Waals surface area contributed by atoms with Crippen molar-refractivity contribution in [2.45, 2.75) is 46.0 Å². The summed E-state index contributed by atoms with van der Waals surface area (Å²) in [6.07, 6.45) is 15.3. The second-order valence-corrected chi connectivity index (χ2v) is 4.71. The number of ketones is 1. The molecule has 4 heteroatoms. The molecule has 0 fully saturated rings. The van der Waals surface area contributed by atoms with Crippen molar-refractivity contribution in [2.75, 3.05) is 14.2 Å². The lowest BCUT2D eigenvalue weighted by molar-refractivity contribution is -0.165. The molecule has 0 saturated carbocycles. The Kier molecular flexibility index (Phi) is 11.1. The molecule has 0 unspecified atom stereocenters. The van der Waals surface area contributed by atoms with Gasteiger partial charge in [-0.2, -0.15) is 0 Å². The van der Waals surface area contributed by atoms with Crippen LogP contribution in [0.15, 0.2) is 36.0 Å². The molecule has 0 atom stereocenters. The number of hydrogen-bond donors (Lipinski definition) is 0. The maximum absolute atomic E-state index is 11.2. The summed E-state index contributed by atoms with van der Waals surface area (Å²) in [5, 5.41) is 1.15. The first kappa shape index (κ1) is 19.3. The number of carbonyl (C=O) groups is 2. The van der Waals surface area contributed by atoms with Gasteiger partial charge in [0.2, 0.25) is 5.91 Å². The average Bonchev–Trinajstić information content (AvgIpc) is 2.88. The molecule has 1 aliphatic rings. The number of carbonyl (C=O) groups excluding carboxylic acids is 2. The van der Waals surface area contributed by atoms with E-state index in [-0.39, 0.29) is 11.7 Å². The molecule has 1 amide bonds. The highest BCUT2D eigenvalue weighted by atomic mass is 16.7. The van der Waals surface area contributed by atoms with Crippen LogP contribution in [0, 0.1) is 0 Å². The molecular formula is C17H27NO3. The number of hydroxylamine groups is 2. The van der Waals surface area contributed by atoms with Crippen LogP contribution in [0.25, 0.3) is 0 Å². The molecule has 118 valence electrons. The van der Waals surface area contributed by atoms with Crippen LogP contribution in [0.1, 0.15) is 46.0 Å². The summed E-state index contributed by atoms with van der Waals surface area (Å²) in [6.45, 7) is 3.57. The third kappa shape index (κ3) is 9.79. The molecule has 0 aromatic rings. The van der Waals surface area contributed by atoms with Gasteiger partial charge in [-0.05, 0) is 43.8 Å². The molecule has 0 aromatic heterocycles. The minimum atomic E-state index is -0.0949. The van der Waals surface area contributed by atoms with Gasteiger partial charge in [-0.15, -0.1) is 0 Å². The lowest BCUT2D eigenvalue weighted by Crippen LogP contribution is -2.21. The average molecular weight is 293 g/mol. The summed E-state index contributed by atoms with van der Waals surface area (Å²) in [4.78, 5) is 25.8. The van der Waals surface area contributed by atoms with E-state index in [0.29, 0.717) is 0 Å². The van der Waals surface area contributed by atoms with E-state index in [1.54, 1.807) is 13.1 Å². The summed E-state index contributed by atoms with van der Waals surface area (Å²) >= 11 is 0. The Bertz CT molecular complexity index is 408. The van der Waals surface area contributed by atoms with E-state index in [1.807, 2.05) is 6.08 Å². The van der Waals surface area contributed by atoms with E-state index in [2.05, 4.69) is 30.0 Å². The van der Waals surface area contributed by atoms with Gasteiger partial charge in [-0.1, -0.05) is 31.2 Å². The second kappa shape index (κ2) is 12.1. The van der Waals surface area contributed by atoms with Crippen molar-refractivity contribution in [3.8, 4) is 0 Å². The van der Waals surface area contributed by atoms with Gasteiger partial charge < -0.3 is 0 Å². The van der Waals surface area contributed by atoms with Gasteiger partial charge >= 0.3 is 0 Å². The highest BCUT2D eigenvalue weighted by molar-refractivity contribution is 6.06. The van der Waals surface area contributed by atoms with Gasteiger partial charge in [-0.3, -0.25) is 14.4 Å². The van der Waals surface area contributed by atoms with Crippen LogP contribution in [0.4, 0.5) is 0 Å². The number of allylic oxidation sites excluding steroid dienone is 6. The smallest absolute Gasteiger partial charge is 0.242 e. The zero-order valence-corrected chi connectivity index (χ0v) is 13.6. The Morgan fingerprint density at radius 1 is 1.38 bits per heavy atom. The molecule has 0 N–H and O–H groups in total. The third-order valence-corrected chi connectivity index (χ3v) is 3.01. The molecule has 1 aliphatic carbocycles. The van der Waals surface area contributed by atoms with E-state index in [9.17, 15) is 9.59 Å². The van der Waals surface area contributed by atoms with Crippen LogP contribution in [-0.2, 0) is 14.4 Å². The Balaban J connectivity index is 0.000000486. The molecule has 21 heavy (non-hydrogen) atoms. The summed E-state index contributed by atoms with van der Waals surface area (Å²) in [6, 6.07) is 0. The Morgan fingerprint density at radius 3 is 2.52 bits per heavy atom. The van der Waals surface area contributed by atoms with E-state index < -0.39 is 0 Å². The molecule has 0 bridgehead atoms. The number of rotatable bonds is 6. The van der Waals surface area contributed by atoms with E-state index in [0.717, 1.165) is 42.7 Å². The van der Waals surface area contributed by atoms with Crippen molar-refractivity contribution >= 4 is 11.7 Å². The van der Waals surface area contributed by atoms with E-state index >= 15 is 0 Å². The zero-order chi connectivity index (χ0) is 16.1. The largest absolute Gasteiger partial charge is 0.290 e. The van der Waals surface area contributed by atoms with Crippen LogP contribution in [-0.4, -0.2) is 30.9 Å². The minimum Gasteiger partial charge on any atom is -0.290 e. The first-order chi connectivity index (χ1) is 10.0. The van der Waals surface area contributed by atoms with Gasteiger partial charge in [0, 0.05) is 14.0 Å². The van der Waals surface area contributed by atoms with Crippen LogP contribution < -0.4 is 0 Å². The summed E-state index contributed by atoms with van der Waals surface area (Å²) in [7, 11) is 3.00. The maximum Gasteiger partial charge on any atom is 0.242 e. The van der Waals surface area contributed by atoms with Gasteiger partial charge in [0.15, 0.2) is 5.78 Å². The number of hydrogen-bond acceptors (Lipinski definition) is 3. The van der Waals surface area contributed by atoms with Crippen molar-refractivity contribution in [3.05, 3.63) is 36.0 Å². The topological polar surface area (TPSA) is 46.6 Å².